The second-order valence-electron chi connectivity index (χ2n) is 5.73. The summed E-state index contributed by atoms with van der Waals surface area (Å²) in [5.41, 5.74) is 1.25. The fourth-order valence-corrected chi connectivity index (χ4v) is 2.16. The summed E-state index contributed by atoms with van der Waals surface area (Å²) in [7, 11) is 0. The summed E-state index contributed by atoms with van der Waals surface area (Å²) in [5.74, 6) is 1.11. The minimum atomic E-state index is -0.0456. The number of aromatic nitrogens is 2. The normalized spacial score (nSPS) is 15.3. The van der Waals surface area contributed by atoms with Gasteiger partial charge in [-0.3, -0.25) is 4.79 Å². The number of anilines is 1. The molecule has 0 aliphatic carbocycles. The van der Waals surface area contributed by atoms with Gasteiger partial charge in [0, 0.05) is 25.3 Å². The molecule has 1 N–H and O–H groups in total. The number of carbonyl (C=O) groups excluding carboxylic acids is 1. The molecule has 1 amide bonds. The predicted molar refractivity (Wildman–Crippen MR) is 81.4 cm³/mol. The van der Waals surface area contributed by atoms with Crippen molar-refractivity contribution in [3.05, 3.63) is 17.5 Å². The average molecular weight is 292 g/mol. The first-order valence-corrected chi connectivity index (χ1v) is 7.53. The van der Waals surface area contributed by atoms with Crippen LogP contribution in [-0.4, -0.2) is 53.6 Å². The van der Waals surface area contributed by atoms with Crippen LogP contribution in [0.15, 0.2) is 6.07 Å². The van der Waals surface area contributed by atoms with Gasteiger partial charge in [0.2, 0.25) is 5.95 Å². The van der Waals surface area contributed by atoms with E-state index in [0.717, 1.165) is 18.7 Å². The monoisotopic (exact) mass is 292 g/mol. The van der Waals surface area contributed by atoms with E-state index in [1.54, 1.807) is 11.0 Å². The summed E-state index contributed by atoms with van der Waals surface area (Å²) >= 11 is 0. The summed E-state index contributed by atoms with van der Waals surface area (Å²) in [4.78, 5) is 22.9. The number of nitrogens with zero attached hydrogens (tertiary/aromatic N) is 3. The first-order chi connectivity index (χ1) is 10.1. The van der Waals surface area contributed by atoms with Crippen molar-refractivity contribution in [2.24, 2.45) is 5.92 Å². The zero-order valence-corrected chi connectivity index (χ0v) is 13.1. The second-order valence-corrected chi connectivity index (χ2v) is 5.73. The quantitative estimate of drug-likeness (QED) is 0.895. The Morgan fingerprint density at radius 3 is 2.76 bits per heavy atom. The van der Waals surface area contributed by atoms with Crippen LogP contribution in [0.25, 0.3) is 0 Å². The molecule has 2 heterocycles. The van der Waals surface area contributed by atoms with Crippen LogP contribution in [0.1, 0.15) is 36.5 Å². The third kappa shape index (κ3) is 4.67. The van der Waals surface area contributed by atoms with E-state index in [9.17, 15) is 4.79 Å². The van der Waals surface area contributed by atoms with Crippen LogP contribution in [-0.2, 0) is 4.74 Å². The van der Waals surface area contributed by atoms with Gasteiger partial charge in [-0.2, -0.15) is 0 Å². The van der Waals surface area contributed by atoms with E-state index in [4.69, 9.17) is 4.74 Å². The van der Waals surface area contributed by atoms with Crippen molar-refractivity contribution >= 4 is 11.9 Å². The highest BCUT2D eigenvalue weighted by Crippen LogP contribution is 2.10. The third-order valence-corrected chi connectivity index (χ3v) is 3.38. The molecule has 1 saturated heterocycles. The average Bonchev–Trinajstić information content (AvgIpc) is 2.46. The van der Waals surface area contributed by atoms with Crippen molar-refractivity contribution in [3.8, 4) is 0 Å². The maximum Gasteiger partial charge on any atom is 0.272 e. The molecule has 0 atom stereocenters. The summed E-state index contributed by atoms with van der Waals surface area (Å²) < 4.78 is 5.27. The molecule has 0 unspecified atom stereocenters. The fourth-order valence-electron chi connectivity index (χ4n) is 2.16. The van der Waals surface area contributed by atoms with Crippen LogP contribution in [0.4, 0.5) is 5.95 Å². The van der Waals surface area contributed by atoms with E-state index in [1.165, 1.54) is 0 Å². The molecule has 0 saturated carbocycles. The number of hydrogen-bond donors (Lipinski definition) is 1. The number of amides is 1. The van der Waals surface area contributed by atoms with Gasteiger partial charge in [-0.25, -0.2) is 9.97 Å². The lowest BCUT2D eigenvalue weighted by Gasteiger charge is -2.26. The van der Waals surface area contributed by atoms with Crippen LogP contribution < -0.4 is 5.32 Å². The molecule has 1 aromatic rings. The highest BCUT2D eigenvalue weighted by atomic mass is 16.5. The van der Waals surface area contributed by atoms with Gasteiger partial charge < -0.3 is 15.0 Å². The molecule has 1 aliphatic heterocycles. The summed E-state index contributed by atoms with van der Waals surface area (Å²) in [6, 6.07) is 1.74. The maximum absolute atomic E-state index is 12.4. The molecule has 0 radical (unpaired) electrons. The summed E-state index contributed by atoms with van der Waals surface area (Å²) in [5, 5.41) is 3.20. The van der Waals surface area contributed by atoms with E-state index in [0.29, 0.717) is 43.9 Å². The van der Waals surface area contributed by atoms with E-state index >= 15 is 0 Å². The Hall–Kier alpha value is -1.69. The molecule has 0 spiro atoms. The number of aryl methyl sites for hydroxylation is 1. The van der Waals surface area contributed by atoms with Crippen LogP contribution in [0, 0.1) is 12.8 Å². The van der Waals surface area contributed by atoms with Gasteiger partial charge >= 0.3 is 0 Å². The summed E-state index contributed by atoms with van der Waals surface area (Å²) in [6.07, 6.45) is 1.05. The van der Waals surface area contributed by atoms with Crippen molar-refractivity contribution in [1.29, 1.82) is 0 Å². The van der Waals surface area contributed by atoms with Gasteiger partial charge in [0.15, 0.2) is 0 Å². The highest BCUT2D eigenvalue weighted by molar-refractivity contribution is 5.92. The molecule has 0 bridgehead atoms. The highest BCUT2D eigenvalue weighted by Gasteiger charge is 2.20. The lowest BCUT2D eigenvalue weighted by atomic mass is 10.1. The zero-order chi connectivity index (χ0) is 15.2. The number of nitrogens with one attached hydrogen (secondary N) is 1. The minimum Gasteiger partial charge on any atom is -0.378 e. The minimum absolute atomic E-state index is 0.0456. The van der Waals surface area contributed by atoms with E-state index in [1.807, 2.05) is 6.92 Å². The lowest BCUT2D eigenvalue weighted by molar-refractivity contribution is 0.0299. The molecule has 0 aromatic carbocycles. The number of rotatable bonds is 5. The first-order valence-electron chi connectivity index (χ1n) is 7.53. The van der Waals surface area contributed by atoms with E-state index < -0.39 is 0 Å². The van der Waals surface area contributed by atoms with Crippen molar-refractivity contribution in [3.63, 3.8) is 0 Å². The molecule has 6 heteroatoms. The molecule has 6 nitrogen and oxygen atoms in total. The zero-order valence-electron chi connectivity index (χ0n) is 13.1. The van der Waals surface area contributed by atoms with Gasteiger partial charge in [0.25, 0.3) is 5.91 Å². The van der Waals surface area contributed by atoms with E-state index in [-0.39, 0.29) is 5.91 Å². The standard InChI is InChI=1S/C15H24N4O2/c1-11(2)4-5-16-15-17-12(3)10-13(18-15)14(20)19-6-8-21-9-7-19/h10-11H,4-9H2,1-3H3,(H,16,17,18). The van der Waals surface area contributed by atoms with Crippen LogP contribution in [0.5, 0.6) is 0 Å². The number of morpholine rings is 1. The van der Waals surface area contributed by atoms with Crippen molar-refractivity contribution in [2.75, 3.05) is 38.2 Å². The number of hydrogen-bond acceptors (Lipinski definition) is 5. The first kappa shape index (κ1) is 15.7. The Morgan fingerprint density at radius 2 is 2.10 bits per heavy atom. The van der Waals surface area contributed by atoms with Crippen molar-refractivity contribution in [1.82, 2.24) is 14.9 Å². The Morgan fingerprint density at radius 1 is 1.38 bits per heavy atom. The maximum atomic E-state index is 12.4. The fraction of sp³-hybridized carbons (Fsp3) is 0.667. The number of ether oxygens (including phenoxy) is 1. The summed E-state index contributed by atoms with van der Waals surface area (Å²) in [6.45, 7) is 9.47. The smallest absolute Gasteiger partial charge is 0.272 e. The van der Waals surface area contributed by atoms with Gasteiger partial charge in [0.1, 0.15) is 5.69 Å². The molecular weight excluding hydrogens is 268 g/mol. The van der Waals surface area contributed by atoms with Crippen molar-refractivity contribution in [2.45, 2.75) is 27.2 Å². The third-order valence-electron chi connectivity index (χ3n) is 3.38. The molecular formula is C15H24N4O2. The Kier molecular flexibility index (Phi) is 5.50. The predicted octanol–water partition coefficient (Wildman–Crippen LogP) is 1.72. The molecule has 1 aliphatic rings. The Labute approximate surface area is 125 Å². The van der Waals surface area contributed by atoms with Gasteiger partial charge in [-0.1, -0.05) is 13.8 Å². The lowest BCUT2D eigenvalue weighted by Crippen LogP contribution is -2.41. The van der Waals surface area contributed by atoms with Crippen LogP contribution in [0.3, 0.4) is 0 Å². The largest absolute Gasteiger partial charge is 0.378 e. The van der Waals surface area contributed by atoms with Crippen molar-refractivity contribution < 1.29 is 9.53 Å². The van der Waals surface area contributed by atoms with Crippen LogP contribution >= 0.6 is 0 Å². The second kappa shape index (κ2) is 7.36. The number of carbonyl (C=O) groups is 1. The van der Waals surface area contributed by atoms with E-state index in [2.05, 4.69) is 29.1 Å². The molecule has 1 fully saturated rings. The molecule has 1 aromatic heterocycles. The van der Waals surface area contributed by atoms with Gasteiger partial charge in [-0.15, -0.1) is 0 Å². The van der Waals surface area contributed by atoms with Gasteiger partial charge in [-0.05, 0) is 25.3 Å². The Bertz CT molecular complexity index is 485. The topological polar surface area (TPSA) is 67.4 Å². The molecule has 116 valence electrons. The Balaban J connectivity index is 2.05. The van der Waals surface area contributed by atoms with Crippen LogP contribution in [0.2, 0.25) is 0 Å². The van der Waals surface area contributed by atoms with Gasteiger partial charge in [0.05, 0.1) is 13.2 Å². The molecule has 2 rings (SSSR count). The SMILES string of the molecule is Cc1cc(C(=O)N2CCOCC2)nc(NCCC(C)C)n1. The molecule has 21 heavy (non-hydrogen) atoms.